The molecule has 2 saturated heterocycles. The molecule has 188 valence electrons. The van der Waals surface area contributed by atoms with Crippen LogP contribution in [0.25, 0.3) is 16.9 Å². The average Bonchev–Trinajstić information content (AvgIpc) is 3.43. The number of nitriles is 1. The van der Waals surface area contributed by atoms with Crippen LogP contribution in [0.2, 0.25) is 0 Å². The predicted octanol–water partition coefficient (Wildman–Crippen LogP) is 2.80. The number of piperidine rings is 1. The van der Waals surface area contributed by atoms with Crippen molar-refractivity contribution in [3.8, 4) is 17.5 Å². The molecule has 0 saturated carbocycles. The Morgan fingerprint density at radius 1 is 1.31 bits per heavy atom. The van der Waals surface area contributed by atoms with Crippen molar-refractivity contribution in [1.82, 2.24) is 25.2 Å². The zero-order chi connectivity index (χ0) is 25.4. The summed E-state index contributed by atoms with van der Waals surface area (Å²) in [4.78, 5) is 17.6. The first-order valence-corrected chi connectivity index (χ1v) is 12.3. The number of pyridine rings is 1. The summed E-state index contributed by atoms with van der Waals surface area (Å²) >= 11 is 0. The number of carbonyl (C=O) groups is 1. The molecule has 2 aliphatic heterocycles. The quantitative estimate of drug-likeness (QED) is 0.400. The second-order valence-electron chi connectivity index (χ2n) is 10.3. The number of anilines is 1. The summed E-state index contributed by atoms with van der Waals surface area (Å²) in [6.45, 7) is 2.43. The van der Waals surface area contributed by atoms with E-state index in [1.165, 1.54) is 26.2 Å². The van der Waals surface area contributed by atoms with Gasteiger partial charge in [0.05, 0.1) is 52.1 Å². The monoisotopic (exact) mass is 491 g/mol. The Hall–Kier alpha value is -3.55. The summed E-state index contributed by atoms with van der Waals surface area (Å²) in [6.07, 6.45) is 5.58. The van der Waals surface area contributed by atoms with Gasteiger partial charge in [-0.2, -0.15) is 10.4 Å². The second kappa shape index (κ2) is 9.48. The van der Waals surface area contributed by atoms with Crippen molar-refractivity contribution >= 4 is 17.1 Å². The lowest BCUT2D eigenvalue weighted by Crippen LogP contribution is -2.44. The van der Waals surface area contributed by atoms with Crippen molar-refractivity contribution in [2.24, 2.45) is 0 Å². The van der Waals surface area contributed by atoms with Crippen LogP contribution in [-0.4, -0.2) is 62.1 Å². The van der Waals surface area contributed by atoms with Gasteiger partial charge >= 0.3 is 0 Å². The van der Waals surface area contributed by atoms with Crippen LogP contribution in [0.5, 0.6) is 0 Å². The molecule has 4 atom stereocenters. The topological polar surface area (TPSA) is 127 Å². The van der Waals surface area contributed by atoms with Gasteiger partial charge in [0.1, 0.15) is 12.2 Å². The number of nitrogens with one attached hydrogen (secondary N) is 3. The lowest BCUT2D eigenvalue weighted by atomic mass is 9.99. The average molecular weight is 492 g/mol. The smallest absolute Gasteiger partial charge is 0.255 e. The zero-order valence-electron chi connectivity index (χ0n) is 20.3. The number of aliphatic hydroxyl groups is 1. The highest BCUT2D eigenvalue weighted by Gasteiger charge is 2.34. The van der Waals surface area contributed by atoms with Crippen LogP contribution in [0.3, 0.4) is 0 Å². The summed E-state index contributed by atoms with van der Waals surface area (Å²) in [7, 11) is 0. The molecule has 0 aliphatic carbocycles. The normalized spacial score (nSPS) is 22.2. The Kier molecular flexibility index (Phi) is 6.36. The molecular formula is C26H30FN7O2. The largest absolute Gasteiger partial charge is 0.387 e. The molecule has 10 heteroatoms. The maximum Gasteiger partial charge on any atom is 0.255 e. The highest BCUT2D eigenvalue weighted by molar-refractivity contribution is 6.00. The fraction of sp³-hybridized carbons (Fsp3) is 0.462. The molecule has 2 bridgehead atoms. The number of hydrogen-bond acceptors (Lipinski definition) is 7. The van der Waals surface area contributed by atoms with Crippen molar-refractivity contribution in [1.29, 1.82) is 5.26 Å². The van der Waals surface area contributed by atoms with Crippen LogP contribution < -0.4 is 16.0 Å². The van der Waals surface area contributed by atoms with Crippen LogP contribution in [-0.2, 0) is 0 Å². The molecular weight excluding hydrogens is 461 g/mol. The molecule has 0 radical (unpaired) electrons. The summed E-state index contributed by atoms with van der Waals surface area (Å²) < 4.78 is 16.0. The molecule has 2 fully saturated rings. The van der Waals surface area contributed by atoms with E-state index in [1.807, 2.05) is 18.2 Å². The minimum absolute atomic E-state index is 0.191. The van der Waals surface area contributed by atoms with Crippen molar-refractivity contribution in [2.75, 3.05) is 11.9 Å². The molecule has 2 aliphatic rings. The van der Waals surface area contributed by atoms with Gasteiger partial charge < -0.3 is 21.1 Å². The van der Waals surface area contributed by atoms with Gasteiger partial charge in [0.25, 0.3) is 5.91 Å². The molecule has 0 aromatic carbocycles. The molecule has 3 aromatic rings. The first-order chi connectivity index (χ1) is 17.2. The third kappa shape index (κ3) is 4.90. The minimum atomic E-state index is -1.61. The lowest BCUT2D eigenvalue weighted by molar-refractivity contribution is -0.00177. The van der Waals surface area contributed by atoms with Gasteiger partial charge in [-0.1, -0.05) is 0 Å². The molecule has 36 heavy (non-hydrogen) atoms. The summed E-state index contributed by atoms with van der Waals surface area (Å²) in [5.41, 5.74) is 1.94. The Morgan fingerprint density at radius 3 is 2.75 bits per heavy atom. The third-order valence-corrected chi connectivity index (χ3v) is 7.08. The second-order valence-corrected chi connectivity index (χ2v) is 10.3. The van der Waals surface area contributed by atoms with Gasteiger partial charge in [-0.25, -0.2) is 8.91 Å². The fourth-order valence-corrected chi connectivity index (χ4v) is 5.07. The van der Waals surface area contributed by atoms with Gasteiger partial charge in [-0.15, -0.1) is 0 Å². The van der Waals surface area contributed by atoms with Gasteiger partial charge in [0.2, 0.25) is 0 Å². The number of halogens is 1. The van der Waals surface area contributed by atoms with E-state index in [4.69, 9.17) is 5.26 Å². The van der Waals surface area contributed by atoms with E-state index in [0.717, 1.165) is 36.9 Å². The molecule has 9 nitrogen and oxygen atoms in total. The van der Waals surface area contributed by atoms with Gasteiger partial charge in [-0.3, -0.25) is 9.78 Å². The molecule has 0 spiro atoms. The molecule has 4 N–H and O–H groups in total. The maximum absolute atomic E-state index is 14.3. The van der Waals surface area contributed by atoms with Crippen LogP contribution >= 0.6 is 0 Å². The number of fused-ring (bicyclic) bond motifs is 3. The molecule has 1 amide bonds. The molecule has 5 rings (SSSR count). The van der Waals surface area contributed by atoms with E-state index in [1.54, 1.807) is 10.6 Å². The number of alkyl halides is 1. The Bertz CT molecular complexity index is 1310. The predicted molar refractivity (Wildman–Crippen MR) is 133 cm³/mol. The van der Waals surface area contributed by atoms with Crippen molar-refractivity contribution in [2.45, 2.75) is 69.4 Å². The van der Waals surface area contributed by atoms with Gasteiger partial charge in [-0.05, 0) is 63.8 Å². The van der Waals surface area contributed by atoms with E-state index in [-0.39, 0.29) is 12.6 Å². The van der Waals surface area contributed by atoms with E-state index in [0.29, 0.717) is 34.6 Å². The van der Waals surface area contributed by atoms with Crippen LogP contribution in [0.4, 0.5) is 10.1 Å². The molecule has 1 unspecified atom stereocenters. The van der Waals surface area contributed by atoms with E-state index < -0.39 is 17.7 Å². The standard InChI is InChI=1S/C26H30FN7O2/c1-26(2,36)24(27)14-30-25(35)20-13-29-22(23-6-5-19-7-15(11-28)12-31-34(19)23)10-21(20)33-18-8-16-3-4-17(9-18)32-16/h5-7,10,12-13,16-18,24,32,36H,3-4,8-9,14H2,1-2H3,(H,29,33)(H,30,35)/t16-,17+,18?,24-/m1/s1. The van der Waals surface area contributed by atoms with Crippen LogP contribution in [0.1, 0.15) is 55.5 Å². The van der Waals surface area contributed by atoms with E-state index in [2.05, 4.69) is 32.1 Å². The van der Waals surface area contributed by atoms with Gasteiger partial charge in [0.15, 0.2) is 0 Å². The highest BCUT2D eigenvalue weighted by atomic mass is 19.1. The lowest BCUT2D eigenvalue weighted by Gasteiger charge is -2.31. The first kappa shape index (κ1) is 24.2. The fourth-order valence-electron chi connectivity index (χ4n) is 5.07. The number of rotatable bonds is 7. The minimum Gasteiger partial charge on any atom is -0.387 e. The maximum atomic E-state index is 14.3. The van der Waals surface area contributed by atoms with Gasteiger partial charge in [0, 0.05) is 24.3 Å². The number of hydrogen-bond donors (Lipinski definition) is 4. The summed E-state index contributed by atoms with van der Waals surface area (Å²) in [5, 5.41) is 33.2. The summed E-state index contributed by atoms with van der Waals surface area (Å²) in [6, 6.07) is 10.5. The Labute approximate surface area is 208 Å². The van der Waals surface area contributed by atoms with Crippen molar-refractivity contribution in [3.63, 3.8) is 0 Å². The van der Waals surface area contributed by atoms with Crippen molar-refractivity contribution < 1.29 is 14.3 Å². The summed E-state index contributed by atoms with van der Waals surface area (Å²) in [5.74, 6) is -0.461. The van der Waals surface area contributed by atoms with E-state index >= 15 is 0 Å². The van der Waals surface area contributed by atoms with Crippen LogP contribution in [0, 0.1) is 11.3 Å². The Balaban J connectivity index is 1.46. The number of carbonyl (C=O) groups excluding carboxylic acids is 1. The number of nitrogens with zero attached hydrogens (tertiary/aromatic N) is 4. The van der Waals surface area contributed by atoms with Crippen molar-refractivity contribution in [3.05, 3.63) is 47.8 Å². The third-order valence-electron chi connectivity index (χ3n) is 7.08. The number of amides is 1. The zero-order valence-corrected chi connectivity index (χ0v) is 20.3. The first-order valence-electron chi connectivity index (χ1n) is 12.3. The molecule has 5 heterocycles. The Morgan fingerprint density at radius 2 is 2.06 bits per heavy atom. The van der Waals surface area contributed by atoms with Crippen LogP contribution in [0.15, 0.2) is 36.7 Å². The molecule has 3 aromatic heterocycles. The highest BCUT2D eigenvalue weighted by Crippen LogP contribution is 2.31. The van der Waals surface area contributed by atoms with E-state index in [9.17, 15) is 14.3 Å². The number of aromatic nitrogens is 3. The SMILES string of the molecule is CC(C)(O)[C@H](F)CNC(=O)c1cnc(-c2ccc3cc(C#N)cnn23)cc1NC1C[C@H]2CC[C@@H](C1)N2.